The van der Waals surface area contributed by atoms with Crippen molar-refractivity contribution < 1.29 is 0 Å². The molecule has 0 radical (unpaired) electrons. The van der Waals surface area contributed by atoms with E-state index in [0.717, 1.165) is 49.5 Å². The van der Waals surface area contributed by atoms with Gasteiger partial charge in [0, 0.05) is 27.1 Å². The Hall–Kier alpha value is -4.44. The monoisotopic (exact) mass is 438 g/mol. The lowest BCUT2D eigenvalue weighted by molar-refractivity contribution is 1.27. The van der Waals surface area contributed by atoms with Crippen molar-refractivity contribution in [3.8, 4) is 11.3 Å². The lowest BCUT2D eigenvalue weighted by Crippen LogP contribution is -1.97. The van der Waals surface area contributed by atoms with E-state index in [0.29, 0.717) is 5.82 Å². The number of nitrogens with zero attached hydrogens (tertiary/aromatic N) is 3. The van der Waals surface area contributed by atoms with E-state index in [9.17, 15) is 0 Å². The number of anilines is 1. The van der Waals surface area contributed by atoms with Crippen LogP contribution in [0.25, 0.3) is 60.3 Å². The predicted octanol–water partition coefficient (Wildman–Crippen LogP) is 7.21. The molecule has 3 heterocycles. The summed E-state index contributed by atoms with van der Waals surface area (Å²) in [5.41, 5.74) is 14.0. The van der Waals surface area contributed by atoms with Crippen molar-refractivity contribution in [2.24, 2.45) is 0 Å². The third-order valence-electron chi connectivity index (χ3n) is 7.04. The molecule has 0 aliphatic carbocycles. The molecule has 0 unspecified atom stereocenters. The first-order valence-electron chi connectivity index (χ1n) is 11.5. The van der Waals surface area contributed by atoms with Crippen molar-refractivity contribution in [3.05, 3.63) is 96.2 Å². The number of fused-ring (bicyclic) bond motifs is 9. The quantitative estimate of drug-likeness (QED) is 0.276. The average Bonchev–Trinajstić information content (AvgIpc) is 3.30. The van der Waals surface area contributed by atoms with Gasteiger partial charge in [0.05, 0.1) is 22.9 Å². The number of hydrogen-bond donors (Lipinski definition) is 1. The molecule has 0 spiro atoms. The van der Waals surface area contributed by atoms with E-state index in [2.05, 4.69) is 90.0 Å². The van der Waals surface area contributed by atoms with Crippen LogP contribution in [0.2, 0.25) is 0 Å². The second-order valence-electron chi connectivity index (χ2n) is 9.04. The Kier molecular flexibility index (Phi) is 3.80. The molecule has 0 aliphatic heterocycles. The Morgan fingerprint density at radius 2 is 1.47 bits per heavy atom. The fraction of sp³-hybridized carbons (Fsp3) is 0.0667. The minimum atomic E-state index is 0.560. The first-order valence-corrected chi connectivity index (χ1v) is 11.5. The van der Waals surface area contributed by atoms with E-state index in [-0.39, 0.29) is 0 Å². The van der Waals surface area contributed by atoms with Gasteiger partial charge in [0.15, 0.2) is 0 Å². The van der Waals surface area contributed by atoms with Crippen molar-refractivity contribution in [3.63, 3.8) is 0 Å². The molecular weight excluding hydrogens is 416 g/mol. The van der Waals surface area contributed by atoms with Crippen LogP contribution in [0.3, 0.4) is 0 Å². The summed E-state index contributed by atoms with van der Waals surface area (Å²) in [5.74, 6) is 0.560. The number of nitrogens with two attached hydrogens (primary N) is 1. The van der Waals surface area contributed by atoms with E-state index in [1.807, 2.05) is 18.3 Å². The number of hydrogen-bond acceptors (Lipinski definition) is 3. The number of imidazole rings is 1. The van der Waals surface area contributed by atoms with Crippen LogP contribution in [0.15, 0.2) is 85.1 Å². The van der Waals surface area contributed by atoms with Crippen LogP contribution >= 0.6 is 0 Å². The van der Waals surface area contributed by atoms with E-state index in [1.165, 1.54) is 21.9 Å². The molecule has 0 bridgehead atoms. The molecule has 4 heteroatoms. The van der Waals surface area contributed by atoms with Gasteiger partial charge in [-0.25, -0.2) is 9.97 Å². The Balaban J connectivity index is 1.64. The lowest BCUT2D eigenvalue weighted by atomic mass is 9.98. The summed E-state index contributed by atoms with van der Waals surface area (Å²) in [7, 11) is 0. The molecule has 34 heavy (non-hydrogen) atoms. The van der Waals surface area contributed by atoms with Crippen LogP contribution in [0.4, 0.5) is 5.82 Å². The second kappa shape index (κ2) is 6.78. The summed E-state index contributed by atoms with van der Waals surface area (Å²) in [6, 6.07) is 27.7. The van der Waals surface area contributed by atoms with Crippen LogP contribution in [0.5, 0.6) is 0 Å². The maximum Gasteiger partial charge on any atom is 0.145 e. The standard InChI is InChI=1S/C30H22N4/c1-17-7-5-11-24-27(17)23-15-19(13-14-21(23)29(31)33-24)26-16-32-30-22-10-4-3-9-20(22)28-18(2)8-6-12-25(28)34(26)30/h3-16H,1-2H3,(H2,31,33). The number of pyridine rings is 2. The van der Waals surface area contributed by atoms with Gasteiger partial charge in [0.1, 0.15) is 11.5 Å². The summed E-state index contributed by atoms with van der Waals surface area (Å²) in [5, 5.41) is 6.90. The Labute approximate surface area is 196 Å². The predicted molar refractivity (Wildman–Crippen MR) is 142 cm³/mol. The number of aryl methyl sites for hydroxylation is 2. The maximum atomic E-state index is 6.36. The number of benzene rings is 4. The van der Waals surface area contributed by atoms with Gasteiger partial charge in [-0.15, -0.1) is 0 Å². The number of nitrogen functional groups attached to an aromatic ring is 1. The summed E-state index contributed by atoms with van der Waals surface area (Å²) in [4.78, 5) is 9.56. The molecule has 7 rings (SSSR count). The van der Waals surface area contributed by atoms with Gasteiger partial charge < -0.3 is 5.73 Å². The van der Waals surface area contributed by atoms with Gasteiger partial charge in [-0.05, 0) is 60.0 Å². The molecule has 2 N–H and O–H groups in total. The van der Waals surface area contributed by atoms with Gasteiger partial charge in [0.2, 0.25) is 0 Å². The van der Waals surface area contributed by atoms with Gasteiger partial charge in [-0.2, -0.15) is 0 Å². The Bertz CT molecular complexity index is 1950. The van der Waals surface area contributed by atoms with Gasteiger partial charge >= 0.3 is 0 Å². The maximum absolute atomic E-state index is 6.36. The minimum absolute atomic E-state index is 0.560. The van der Waals surface area contributed by atoms with E-state index >= 15 is 0 Å². The van der Waals surface area contributed by atoms with Crippen molar-refractivity contribution in [1.29, 1.82) is 0 Å². The normalized spacial score (nSPS) is 11.9. The molecule has 4 nitrogen and oxygen atoms in total. The van der Waals surface area contributed by atoms with E-state index in [1.54, 1.807) is 0 Å². The van der Waals surface area contributed by atoms with Gasteiger partial charge in [0.25, 0.3) is 0 Å². The summed E-state index contributed by atoms with van der Waals surface area (Å²) in [6.45, 7) is 4.31. The minimum Gasteiger partial charge on any atom is -0.383 e. The molecule has 3 aromatic heterocycles. The molecule has 162 valence electrons. The third kappa shape index (κ3) is 2.48. The molecule has 4 aromatic carbocycles. The third-order valence-corrected chi connectivity index (χ3v) is 7.04. The highest BCUT2D eigenvalue weighted by Gasteiger charge is 2.16. The highest BCUT2D eigenvalue weighted by Crippen LogP contribution is 2.37. The van der Waals surface area contributed by atoms with Crippen molar-refractivity contribution in [1.82, 2.24) is 14.4 Å². The molecule has 0 aliphatic rings. The molecule has 0 atom stereocenters. The summed E-state index contributed by atoms with van der Waals surface area (Å²) in [6.07, 6.45) is 1.99. The molecule has 0 saturated heterocycles. The van der Waals surface area contributed by atoms with E-state index < -0.39 is 0 Å². The molecule has 7 aromatic rings. The van der Waals surface area contributed by atoms with Gasteiger partial charge in [-0.1, -0.05) is 54.6 Å². The van der Waals surface area contributed by atoms with Crippen LogP contribution in [0, 0.1) is 13.8 Å². The fourth-order valence-electron chi connectivity index (χ4n) is 5.49. The SMILES string of the molecule is Cc1cccc2nc(N)c3ccc(-c4cnc5c6ccccc6c6c(C)cccc6n45)cc3c12. The zero-order valence-corrected chi connectivity index (χ0v) is 19.0. The second-order valence-corrected chi connectivity index (χ2v) is 9.04. The fourth-order valence-corrected chi connectivity index (χ4v) is 5.49. The Morgan fingerprint density at radius 1 is 0.706 bits per heavy atom. The smallest absolute Gasteiger partial charge is 0.145 e. The average molecular weight is 439 g/mol. The molecular formula is C30H22N4. The molecule has 0 saturated carbocycles. The van der Waals surface area contributed by atoms with Crippen molar-refractivity contribution in [2.75, 3.05) is 5.73 Å². The summed E-state index contributed by atoms with van der Waals surface area (Å²) >= 11 is 0. The van der Waals surface area contributed by atoms with Crippen LogP contribution in [-0.2, 0) is 0 Å². The number of aromatic nitrogens is 3. The van der Waals surface area contributed by atoms with Crippen molar-refractivity contribution >= 4 is 54.8 Å². The van der Waals surface area contributed by atoms with Crippen LogP contribution in [-0.4, -0.2) is 14.4 Å². The molecule has 0 fully saturated rings. The van der Waals surface area contributed by atoms with Crippen molar-refractivity contribution in [2.45, 2.75) is 13.8 Å². The van der Waals surface area contributed by atoms with Crippen LogP contribution in [0.1, 0.15) is 11.1 Å². The molecule has 0 amide bonds. The summed E-state index contributed by atoms with van der Waals surface area (Å²) < 4.78 is 2.30. The first kappa shape index (κ1) is 19.1. The Morgan fingerprint density at radius 3 is 2.32 bits per heavy atom. The zero-order valence-electron chi connectivity index (χ0n) is 19.0. The zero-order chi connectivity index (χ0) is 23.0. The highest BCUT2D eigenvalue weighted by atomic mass is 15.0. The largest absolute Gasteiger partial charge is 0.383 e. The van der Waals surface area contributed by atoms with E-state index in [4.69, 9.17) is 10.7 Å². The van der Waals surface area contributed by atoms with Gasteiger partial charge in [-0.3, -0.25) is 4.40 Å². The lowest BCUT2D eigenvalue weighted by Gasteiger charge is -2.14. The number of rotatable bonds is 1. The van der Waals surface area contributed by atoms with Crippen LogP contribution < -0.4 is 5.73 Å². The topological polar surface area (TPSA) is 56.2 Å². The first-order chi connectivity index (χ1) is 16.6. The highest BCUT2D eigenvalue weighted by molar-refractivity contribution is 6.14.